The summed E-state index contributed by atoms with van der Waals surface area (Å²) < 4.78 is 47.1. The van der Waals surface area contributed by atoms with Crippen molar-refractivity contribution in [3.05, 3.63) is 70.8 Å². The highest BCUT2D eigenvalue weighted by atomic mass is 19.4. The Labute approximate surface area is 161 Å². The number of hydrogen-bond donors (Lipinski definition) is 0. The van der Waals surface area contributed by atoms with Crippen molar-refractivity contribution in [1.29, 1.82) is 0 Å². The number of halogens is 3. The Morgan fingerprint density at radius 1 is 0.786 bits per heavy atom. The molecule has 0 unspecified atom stereocenters. The molecular formula is C23H20F3NO. The number of methoxy groups -OCH3 is 1. The number of hydrogen-bond acceptors (Lipinski definition) is 1. The van der Waals surface area contributed by atoms with Gasteiger partial charge >= 0.3 is 6.18 Å². The van der Waals surface area contributed by atoms with Gasteiger partial charge in [0.25, 0.3) is 0 Å². The van der Waals surface area contributed by atoms with Crippen LogP contribution in [0.15, 0.2) is 48.5 Å². The van der Waals surface area contributed by atoms with Crippen LogP contribution in [-0.4, -0.2) is 11.7 Å². The molecule has 1 heterocycles. The van der Waals surface area contributed by atoms with E-state index in [4.69, 9.17) is 4.74 Å². The summed E-state index contributed by atoms with van der Waals surface area (Å²) in [7, 11) is 1.62. The molecule has 3 aromatic carbocycles. The Kier molecular flexibility index (Phi) is 4.14. The monoisotopic (exact) mass is 383 g/mol. The van der Waals surface area contributed by atoms with Crippen molar-refractivity contribution < 1.29 is 17.9 Å². The summed E-state index contributed by atoms with van der Waals surface area (Å²) in [6, 6.07) is 14.4. The molecule has 0 N–H and O–H groups in total. The molecule has 4 aromatic rings. The molecule has 5 heteroatoms. The molecule has 0 bridgehead atoms. The van der Waals surface area contributed by atoms with Gasteiger partial charge in [0.05, 0.1) is 29.4 Å². The number of rotatable bonds is 2. The lowest BCUT2D eigenvalue weighted by molar-refractivity contribution is -0.137. The van der Waals surface area contributed by atoms with E-state index < -0.39 is 11.7 Å². The molecule has 0 radical (unpaired) electrons. The Hall–Kier alpha value is -2.95. The van der Waals surface area contributed by atoms with Crippen molar-refractivity contribution in [1.82, 2.24) is 4.57 Å². The van der Waals surface area contributed by atoms with E-state index in [1.165, 1.54) is 12.1 Å². The summed E-state index contributed by atoms with van der Waals surface area (Å²) in [5.41, 5.74) is 4.35. The van der Waals surface area contributed by atoms with Gasteiger partial charge in [0.2, 0.25) is 0 Å². The maximum Gasteiger partial charge on any atom is 0.416 e. The standard InChI is InChI=1S/C23H20F3NO/c1-13-5-7-20-18(9-13)19-12-17(28-4)6-8-21(19)27(20)22-14(2)10-16(11-15(22)3)23(24,25)26/h5-12H,1-4H3. The van der Waals surface area contributed by atoms with E-state index in [-0.39, 0.29) is 0 Å². The van der Waals surface area contributed by atoms with E-state index in [2.05, 4.69) is 6.07 Å². The zero-order valence-corrected chi connectivity index (χ0v) is 16.1. The third-order valence-corrected chi connectivity index (χ3v) is 5.17. The second kappa shape index (κ2) is 6.30. The van der Waals surface area contributed by atoms with E-state index in [0.29, 0.717) is 11.1 Å². The molecule has 28 heavy (non-hydrogen) atoms. The zero-order chi connectivity index (χ0) is 20.2. The fourth-order valence-corrected chi connectivity index (χ4v) is 3.96. The van der Waals surface area contributed by atoms with E-state index in [9.17, 15) is 13.2 Å². The third kappa shape index (κ3) is 2.82. The van der Waals surface area contributed by atoms with Gasteiger partial charge in [-0.1, -0.05) is 11.6 Å². The predicted octanol–water partition coefficient (Wildman–Crippen LogP) is 6.74. The summed E-state index contributed by atoms with van der Waals surface area (Å²) in [6.45, 7) is 5.48. The summed E-state index contributed by atoms with van der Waals surface area (Å²) in [4.78, 5) is 0. The fraction of sp³-hybridized carbons (Fsp3) is 0.217. The quantitative estimate of drug-likeness (QED) is 0.374. The predicted molar refractivity (Wildman–Crippen MR) is 107 cm³/mol. The normalized spacial score (nSPS) is 12.1. The molecule has 2 nitrogen and oxygen atoms in total. The summed E-state index contributed by atoms with van der Waals surface area (Å²) in [5.74, 6) is 0.744. The molecular weight excluding hydrogens is 363 g/mol. The molecule has 0 aliphatic rings. The van der Waals surface area contributed by atoms with Gasteiger partial charge < -0.3 is 9.30 Å². The van der Waals surface area contributed by atoms with Crippen LogP contribution in [0.25, 0.3) is 27.5 Å². The van der Waals surface area contributed by atoms with E-state index >= 15 is 0 Å². The highest BCUT2D eigenvalue weighted by Gasteiger charge is 2.31. The molecule has 1 aromatic heterocycles. The van der Waals surface area contributed by atoms with Gasteiger partial charge in [-0.05, 0) is 74.4 Å². The molecule has 0 aliphatic carbocycles. The first kappa shape index (κ1) is 18.4. The minimum absolute atomic E-state index is 0.586. The van der Waals surface area contributed by atoms with Gasteiger partial charge in [-0.2, -0.15) is 13.2 Å². The van der Waals surface area contributed by atoms with Crippen molar-refractivity contribution in [3.8, 4) is 11.4 Å². The van der Waals surface area contributed by atoms with Gasteiger partial charge in [-0.15, -0.1) is 0 Å². The highest BCUT2D eigenvalue weighted by Crippen LogP contribution is 2.38. The second-order valence-electron chi connectivity index (χ2n) is 7.20. The molecule has 0 amide bonds. The van der Waals surface area contributed by atoms with Gasteiger partial charge in [0.1, 0.15) is 5.75 Å². The fourth-order valence-electron chi connectivity index (χ4n) is 3.96. The number of fused-ring (bicyclic) bond motifs is 3. The number of benzene rings is 3. The second-order valence-corrected chi connectivity index (χ2v) is 7.20. The molecule has 4 rings (SSSR count). The topological polar surface area (TPSA) is 14.2 Å². The van der Waals surface area contributed by atoms with E-state index in [1.54, 1.807) is 21.0 Å². The zero-order valence-electron chi connectivity index (χ0n) is 16.1. The Morgan fingerprint density at radius 3 is 1.93 bits per heavy atom. The lowest BCUT2D eigenvalue weighted by atomic mass is 10.0. The van der Waals surface area contributed by atoms with Gasteiger partial charge in [-0.25, -0.2) is 0 Å². The largest absolute Gasteiger partial charge is 0.497 e. The summed E-state index contributed by atoms with van der Waals surface area (Å²) in [6.07, 6.45) is -4.36. The number of alkyl halides is 3. The first-order chi connectivity index (χ1) is 13.2. The van der Waals surface area contributed by atoms with Gasteiger partial charge in [0, 0.05) is 10.8 Å². The van der Waals surface area contributed by atoms with Crippen LogP contribution in [0.2, 0.25) is 0 Å². The van der Waals surface area contributed by atoms with Crippen molar-refractivity contribution in [2.24, 2.45) is 0 Å². The Morgan fingerprint density at radius 2 is 1.36 bits per heavy atom. The van der Waals surface area contributed by atoms with Crippen LogP contribution in [-0.2, 0) is 6.18 Å². The van der Waals surface area contributed by atoms with Crippen LogP contribution in [0.1, 0.15) is 22.3 Å². The van der Waals surface area contributed by atoms with Crippen molar-refractivity contribution in [3.63, 3.8) is 0 Å². The van der Waals surface area contributed by atoms with Crippen molar-refractivity contribution in [2.75, 3.05) is 7.11 Å². The first-order valence-corrected chi connectivity index (χ1v) is 8.98. The number of aryl methyl sites for hydroxylation is 3. The highest BCUT2D eigenvalue weighted by molar-refractivity contribution is 6.10. The molecule has 0 aliphatic heterocycles. The Balaban J connectivity index is 2.12. The average molecular weight is 383 g/mol. The average Bonchev–Trinajstić information content (AvgIpc) is 2.93. The van der Waals surface area contributed by atoms with Gasteiger partial charge in [0.15, 0.2) is 0 Å². The third-order valence-electron chi connectivity index (χ3n) is 5.17. The smallest absolute Gasteiger partial charge is 0.416 e. The van der Waals surface area contributed by atoms with Crippen LogP contribution in [0.3, 0.4) is 0 Å². The maximum absolute atomic E-state index is 13.2. The maximum atomic E-state index is 13.2. The van der Waals surface area contributed by atoms with Gasteiger partial charge in [-0.3, -0.25) is 0 Å². The minimum Gasteiger partial charge on any atom is -0.497 e. The molecule has 0 atom stereocenters. The lowest BCUT2D eigenvalue weighted by Gasteiger charge is -2.17. The molecule has 0 saturated heterocycles. The van der Waals surface area contributed by atoms with Crippen LogP contribution < -0.4 is 4.74 Å². The lowest BCUT2D eigenvalue weighted by Crippen LogP contribution is -2.08. The van der Waals surface area contributed by atoms with E-state index in [1.807, 2.05) is 41.8 Å². The van der Waals surface area contributed by atoms with Crippen molar-refractivity contribution >= 4 is 21.8 Å². The molecule has 0 fully saturated rings. The minimum atomic E-state index is -4.36. The number of aromatic nitrogens is 1. The first-order valence-electron chi connectivity index (χ1n) is 8.98. The molecule has 144 valence electrons. The number of ether oxygens (including phenoxy) is 1. The number of nitrogens with zero attached hydrogens (tertiary/aromatic N) is 1. The Bertz CT molecular complexity index is 1200. The summed E-state index contributed by atoms with van der Waals surface area (Å²) >= 11 is 0. The van der Waals surface area contributed by atoms with Crippen molar-refractivity contribution in [2.45, 2.75) is 26.9 Å². The van der Waals surface area contributed by atoms with Crippen LogP contribution >= 0.6 is 0 Å². The molecule has 0 saturated carbocycles. The van der Waals surface area contributed by atoms with Crippen LogP contribution in [0, 0.1) is 20.8 Å². The van der Waals surface area contributed by atoms with Crippen LogP contribution in [0.4, 0.5) is 13.2 Å². The summed E-state index contributed by atoms with van der Waals surface area (Å²) in [5, 5.41) is 2.06. The SMILES string of the molecule is COc1ccc2c(c1)c1cc(C)ccc1n2-c1c(C)cc(C(F)(F)F)cc1C. The molecule has 0 spiro atoms. The van der Waals surface area contributed by atoms with Crippen LogP contribution in [0.5, 0.6) is 5.75 Å². The van der Waals surface area contributed by atoms with E-state index in [0.717, 1.165) is 38.8 Å².